The molecule has 5 heteroatoms. The maximum absolute atomic E-state index is 5.54. The Hall–Kier alpha value is -0.780. The highest BCUT2D eigenvalue weighted by molar-refractivity contribution is 9.10. The number of piperazine rings is 1. The number of ether oxygens (including phenoxy) is 2. The molecular formula is C17H25BrN2O2. The maximum Gasteiger partial charge on any atom is 0.137 e. The van der Waals surface area contributed by atoms with Crippen molar-refractivity contribution in [2.45, 2.75) is 25.3 Å². The van der Waals surface area contributed by atoms with Crippen LogP contribution in [0.1, 0.15) is 30.9 Å². The van der Waals surface area contributed by atoms with Crippen LogP contribution in [0.4, 0.5) is 0 Å². The van der Waals surface area contributed by atoms with E-state index in [1.807, 2.05) is 0 Å². The molecule has 1 saturated heterocycles. The zero-order valence-electron chi connectivity index (χ0n) is 13.4. The molecule has 4 nitrogen and oxygen atoms in total. The standard InChI is InChI=1S/C17H25BrN2O2/c1-21-14-10-13(11-15(22-2)16(14)18)17(12-4-3-5-12)20-8-6-19-7-9-20/h10-12,17,19H,3-9H2,1-2H3/t17-/m0/s1. The molecule has 1 aromatic rings. The van der Waals surface area contributed by atoms with Gasteiger partial charge in [-0.25, -0.2) is 0 Å². The van der Waals surface area contributed by atoms with E-state index in [1.165, 1.54) is 24.8 Å². The van der Waals surface area contributed by atoms with Crippen molar-refractivity contribution in [3.8, 4) is 11.5 Å². The van der Waals surface area contributed by atoms with E-state index in [-0.39, 0.29) is 0 Å². The number of benzene rings is 1. The average molecular weight is 369 g/mol. The normalized spacial score (nSPS) is 21.2. The van der Waals surface area contributed by atoms with E-state index in [9.17, 15) is 0 Å². The van der Waals surface area contributed by atoms with Gasteiger partial charge < -0.3 is 14.8 Å². The van der Waals surface area contributed by atoms with Gasteiger partial charge in [0.25, 0.3) is 0 Å². The molecule has 0 spiro atoms. The van der Waals surface area contributed by atoms with Gasteiger partial charge in [0.2, 0.25) is 0 Å². The molecule has 0 unspecified atom stereocenters. The lowest BCUT2D eigenvalue weighted by molar-refractivity contribution is 0.0834. The number of halogens is 1. The van der Waals surface area contributed by atoms with E-state index in [0.717, 1.165) is 48.1 Å². The number of hydrogen-bond donors (Lipinski definition) is 1. The molecule has 1 aliphatic carbocycles. The minimum Gasteiger partial charge on any atom is -0.495 e. The molecule has 1 heterocycles. The Labute approximate surface area is 141 Å². The first-order valence-electron chi connectivity index (χ1n) is 8.10. The van der Waals surface area contributed by atoms with Crippen molar-refractivity contribution in [3.63, 3.8) is 0 Å². The van der Waals surface area contributed by atoms with Crippen LogP contribution in [0, 0.1) is 5.92 Å². The molecule has 1 aliphatic heterocycles. The number of rotatable bonds is 5. The number of nitrogens with zero attached hydrogens (tertiary/aromatic N) is 1. The SMILES string of the molecule is COc1cc([C@H](C2CCC2)N2CCNCC2)cc(OC)c1Br. The second kappa shape index (κ2) is 7.20. The van der Waals surface area contributed by atoms with Crippen LogP contribution in [0.3, 0.4) is 0 Å². The molecular weight excluding hydrogens is 344 g/mol. The van der Waals surface area contributed by atoms with Gasteiger partial charge in [-0.05, 0) is 52.4 Å². The van der Waals surface area contributed by atoms with Crippen LogP contribution in [-0.4, -0.2) is 45.3 Å². The molecule has 2 aliphatic rings. The Kier molecular flexibility index (Phi) is 5.26. The predicted octanol–water partition coefficient (Wildman–Crippen LogP) is 3.21. The summed E-state index contributed by atoms with van der Waals surface area (Å²) in [6.45, 7) is 4.38. The molecule has 1 atom stereocenters. The third kappa shape index (κ3) is 3.12. The topological polar surface area (TPSA) is 33.7 Å². The molecule has 1 saturated carbocycles. The fourth-order valence-electron chi connectivity index (χ4n) is 3.56. The second-order valence-corrected chi connectivity index (χ2v) is 6.95. The van der Waals surface area contributed by atoms with E-state index < -0.39 is 0 Å². The summed E-state index contributed by atoms with van der Waals surface area (Å²) >= 11 is 3.58. The smallest absolute Gasteiger partial charge is 0.137 e. The molecule has 2 fully saturated rings. The molecule has 122 valence electrons. The van der Waals surface area contributed by atoms with Gasteiger partial charge in [-0.15, -0.1) is 0 Å². The highest BCUT2D eigenvalue weighted by Gasteiger charge is 2.34. The lowest BCUT2D eigenvalue weighted by Crippen LogP contribution is -2.47. The van der Waals surface area contributed by atoms with Crippen LogP contribution in [-0.2, 0) is 0 Å². The van der Waals surface area contributed by atoms with Crippen LogP contribution in [0.5, 0.6) is 11.5 Å². The summed E-state index contributed by atoms with van der Waals surface area (Å²) in [5.74, 6) is 2.47. The third-order valence-corrected chi connectivity index (χ3v) is 5.73. The molecule has 3 rings (SSSR count). The van der Waals surface area contributed by atoms with E-state index in [1.54, 1.807) is 14.2 Å². The van der Waals surface area contributed by atoms with Gasteiger partial charge in [-0.1, -0.05) is 6.42 Å². The molecule has 0 amide bonds. The minimum atomic E-state index is 0.478. The Morgan fingerprint density at radius 1 is 1.14 bits per heavy atom. The lowest BCUT2D eigenvalue weighted by Gasteiger charge is -2.43. The zero-order valence-corrected chi connectivity index (χ0v) is 15.0. The number of hydrogen-bond acceptors (Lipinski definition) is 4. The largest absolute Gasteiger partial charge is 0.495 e. The van der Waals surface area contributed by atoms with Crippen molar-refractivity contribution in [1.29, 1.82) is 0 Å². The molecule has 1 N–H and O–H groups in total. The van der Waals surface area contributed by atoms with Crippen LogP contribution < -0.4 is 14.8 Å². The van der Waals surface area contributed by atoms with Crippen molar-refractivity contribution in [3.05, 3.63) is 22.2 Å². The molecule has 0 bridgehead atoms. The van der Waals surface area contributed by atoms with Crippen LogP contribution in [0.15, 0.2) is 16.6 Å². The average Bonchev–Trinajstić information content (AvgIpc) is 2.52. The van der Waals surface area contributed by atoms with Crippen molar-refractivity contribution < 1.29 is 9.47 Å². The van der Waals surface area contributed by atoms with E-state index in [2.05, 4.69) is 38.3 Å². The summed E-state index contributed by atoms with van der Waals surface area (Å²) in [6.07, 6.45) is 4.02. The summed E-state index contributed by atoms with van der Waals surface area (Å²) in [6, 6.07) is 4.83. The van der Waals surface area contributed by atoms with Crippen molar-refractivity contribution >= 4 is 15.9 Å². The fourth-order valence-corrected chi connectivity index (χ4v) is 4.11. The zero-order chi connectivity index (χ0) is 15.5. The van der Waals surface area contributed by atoms with Crippen LogP contribution in [0.2, 0.25) is 0 Å². The Morgan fingerprint density at radius 2 is 1.73 bits per heavy atom. The van der Waals surface area contributed by atoms with Gasteiger partial charge in [0.05, 0.1) is 14.2 Å². The predicted molar refractivity (Wildman–Crippen MR) is 91.8 cm³/mol. The van der Waals surface area contributed by atoms with Gasteiger partial charge in [-0.2, -0.15) is 0 Å². The van der Waals surface area contributed by atoms with Crippen LogP contribution in [0.25, 0.3) is 0 Å². The summed E-state index contributed by atoms with van der Waals surface area (Å²) in [4.78, 5) is 2.63. The first kappa shape index (κ1) is 16.1. The quantitative estimate of drug-likeness (QED) is 0.864. The summed E-state index contributed by atoms with van der Waals surface area (Å²) < 4.78 is 12.0. The number of methoxy groups -OCH3 is 2. The lowest BCUT2D eigenvalue weighted by atomic mass is 9.76. The fraction of sp³-hybridized carbons (Fsp3) is 0.647. The summed E-state index contributed by atoms with van der Waals surface area (Å²) in [5.41, 5.74) is 1.32. The van der Waals surface area contributed by atoms with E-state index in [4.69, 9.17) is 9.47 Å². The minimum absolute atomic E-state index is 0.478. The highest BCUT2D eigenvalue weighted by atomic mass is 79.9. The number of nitrogens with one attached hydrogen (secondary N) is 1. The van der Waals surface area contributed by atoms with Gasteiger partial charge in [0.1, 0.15) is 16.0 Å². The van der Waals surface area contributed by atoms with Crippen molar-refractivity contribution in [2.75, 3.05) is 40.4 Å². The Bertz CT molecular complexity index is 488. The van der Waals surface area contributed by atoms with Gasteiger partial charge in [0.15, 0.2) is 0 Å². The molecule has 22 heavy (non-hydrogen) atoms. The monoisotopic (exact) mass is 368 g/mol. The maximum atomic E-state index is 5.54. The van der Waals surface area contributed by atoms with Gasteiger partial charge >= 0.3 is 0 Å². The van der Waals surface area contributed by atoms with Gasteiger partial charge in [-0.3, -0.25) is 4.90 Å². The van der Waals surface area contributed by atoms with Crippen molar-refractivity contribution in [2.24, 2.45) is 5.92 Å². The molecule has 1 aromatic carbocycles. The summed E-state index contributed by atoms with van der Waals surface area (Å²) in [7, 11) is 3.43. The third-order valence-electron chi connectivity index (χ3n) is 4.95. The molecule has 0 radical (unpaired) electrons. The van der Waals surface area contributed by atoms with Crippen LogP contribution >= 0.6 is 15.9 Å². The van der Waals surface area contributed by atoms with Crippen molar-refractivity contribution in [1.82, 2.24) is 10.2 Å². The first-order chi connectivity index (χ1) is 10.7. The van der Waals surface area contributed by atoms with E-state index in [0.29, 0.717) is 6.04 Å². The van der Waals surface area contributed by atoms with E-state index >= 15 is 0 Å². The Morgan fingerprint density at radius 3 is 2.18 bits per heavy atom. The highest BCUT2D eigenvalue weighted by Crippen LogP contribution is 2.45. The molecule has 0 aromatic heterocycles. The Balaban J connectivity index is 1.95. The first-order valence-corrected chi connectivity index (χ1v) is 8.90. The summed E-state index contributed by atoms with van der Waals surface area (Å²) in [5, 5.41) is 3.45. The van der Waals surface area contributed by atoms with Gasteiger partial charge in [0, 0.05) is 32.2 Å². The second-order valence-electron chi connectivity index (χ2n) is 6.16.